The van der Waals surface area contributed by atoms with Crippen molar-refractivity contribution < 1.29 is 14.8 Å². The zero-order chi connectivity index (χ0) is 8.97. The molecule has 0 radical (unpaired) electrons. The van der Waals surface area contributed by atoms with Crippen LogP contribution in [0.1, 0.15) is 0 Å². The summed E-state index contributed by atoms with van der Waals surface area (Å²) >= 11 is 0.949. The Morgan fingerprint density at radius 1 is 1.67 bits per heavy atom. The summed E-state index contributed by atoms with van der Waals surface area (Å²) < 4.78 is 4.95. The summed E-state index contributed by atoms with van der Waals surface area (Å²) in [6.07, 6.45) is 0. The van der Waals surface area contributed by atoms with E-state index in [0.717, 1.165) is 11.3 Å². The molecular formula is C6H7NO4S. The molecule has 0 aliphatic carbocycles. The summed E-state index contributed by atoms with van der Waals surface area (Å²) in [6.45, 7) is 0.0728. The standard InChI is InChI=1S/C6H7NO4S/c8-3-4-11-6-2-1-5(12-6)7(9)10/h1-2,8H,3-4H2. The number of nitro groups is 1. The van der Waals surface area contributed by atoms with Gasteiger partial charge in [0.2, 0.25) is 0 Å². The lowest BCUT2D eigenvalue weighted by molar-refractivity contribution is -0.380. The molecular weight excluding hydrogens is 182 g/mol. The lowest BCUT2D eigenvalue weighted by Gasteiger charge is -1.96. The Morgan fingerprint density at radius 3 is 2.92 bits per heavy atom. The predicted octanol–water partition coefficient (Wildman–Crippen LogP) is 1.03. The number of hydrogen-bond acceptors (Lipinski definition) is 5. The molecule has 1 aromatic rings. The van der Waals surface area contributed by atoms with E-state index in [2.05, 4.69) is 0 Å². The molecule has 0 bridgehead atoms. The Balaban J connectivity index is 2.58. The van der Waals surface area contributed by atoms with E-state index in [1.807, 2.05) is 0 Å². The molecule has 12 heavy (non-hydrogen) atoms. The maximum Gasteiger partial charge on any atom is 0.327 e. The van der Waals surface area contributed by atoms with Gasteiger partial charge < -0.3 is 9.84 Å². The molecule has 1 aromatic heterocycles. The van der Waals surface area contributed by atoms with Gasteiger partial charge in [-0.25, -0.2) is 0 Å². The maximum atomic E-state index is 10.2. The lowest BCUT2D eigenvalue weighted by atomic mass is 10.6. The van der Waals surface area contributed by atoms with Crippen LogP contribution in [0.15, 0.2) is 12.1 Å². The summed E-state index contributed by atoms with van der Waals surface area (Å²) in [6, 6.07) is 2.88. The third kappa shape index (κ3) is 2.18. The van der Waals surface area contributed by atoms with Crippen LogP contribution in [0.4, 0.5) is 5.00 Å². The molecule has 5 nitrogen and oxygen atoms in total. The van der Waals surface area contributed by atoms with Gasteiger partial charge in [0.1, 0.15) is 6.61 Å². The highest BCUT2D eigenvalue weighted by Gasteiger charge is 2.09. The SMILES string of the molecule is O=[N+]([O-])c1ccc(OCCO)s1. The van der Waals surface area contributed by atoms with Gasteiger partial charge >= 0.3 is 5.00 Å². The fourth-order valence-corrected chi connectivity index (χ4v) is 1.33. The topological polar surface area (TPSA) is 72.6 Å². The van der Waals surface area contributed by atoms with Crippen LogP contribution in [0.5, 0.6) is 5.06 Å². The Kier molecular flexibility index (Phi) is 3.01. The fourth-order valence-electron chi connectivity index (χ4n) is 0.632. The summed E-state index contributed by atoms with van der Waals surface area (Å²) in [7, 11) is 0. The molecule has 1 rings (SSSR count). The lowest BCUT2D eigenvalue weighted by Crippen LogP contribution is -1.99. The van der Waals surface area contributed by atoms with Crippen molar-refractivity contribution in [3.63, 3.8) is 0 Å². The molecule has 1 heterocycles. The van der Waals surface area contributed by atoms with Crippen molar-refractivity contribution in [2.45, 2.75) is 0 Å². The van der Waals surface area contributed by atoms with E-state index in [1.165, 1.54) is 12.1 Å². The molecule has 0 atom stereocenters. The van der Waals surface area contributed by atoms with Crippen LogP contribution in [0, 0.1) is 10.1 Å². The summed E-state index contributed by atoms with van der Waals surface area (Å²) in [5.41, 5.74) is 0. The van der Waals surface area contributed by atoms with Gasteiger partial charge in [0.15, 0.2) is 5.06 Å². The van der Waals surface area contributed by atoms with Crippen LogP contribution in [0.2, 0.25) is 0 Å². The average Bonchev–Trinajstić information content (AvgIpc) is 2.48. The minimum atomic E-state index is -0.476. The zero-order valence-electron chi connectivity index (χ0n) is 6.10. The van der Waals surface area contributed by atoms with Gasteiger partial charge in [-0.1, -0.05) is 0 Å². The highest BCUT2D eigenvalue weighted by Crippen LogP contribution is 2.30. The Hall–Kier alpha value is -1.14. The van der Waals surface area contributed by atoms with E-state index in [9.17, 15) is 10.1 Å². The van der Waals surface area contributed by atoms with Crippen molar-refractivity contribution in [1.29, 1.82) is 0 Å². The molecule has 6 heteroatoms. The van der Waals surface area contributed by atoms with E-state index in [-0.39, 0.29) is 18.2 Å². The first-order valence-corrected chi connectivity index (χ1v) is 4.03. The second-order valence-electron chi connectivity index (χ2n) is 1.92. The number of ether oxygens (including phenoxy) is 1. The van der Waals surface area contributed by atoms with Gasteiger partial charge in [-0.15, -0.1) is 0 Å². The van der Waals surface area contributed by atoms with Gasteiger partial charge in [0, 0.05) is 6.07 Å². The maximum absolute atomic E-state index is 10.2. The Labute approximate surface area is 72.4 Å². The number of hydrogen-bond donors (Lipinski definition) is 1. The molecule has 0 spiro atoms. The quantitative estimate of drug-likeness (QED) is 0.567. The Morgan fingerprint density at radius 2 is 2.42 bits per heavy atom. The van der Waals surface area contributed by atoms with Crippen LogP contribution in [0.25, 0.3) is 0 Å². The summed E-state index contributed by atoms with van der Waals surface area (Å²) in [5.74, 6) is 0. The first-order chi connectivity index (χ1) is 5.74. The number of aliphatic hydroxyl groups excluding tert-OH is 1. The first-order valence-electron chi connectivity index (χ1n) is 3.22. The van der Waals surface area contributed by atoms with Gasteiger partial charge in [-0.2, -0.15) is 0 Å². The summed E-state index contributed by atoms with van der Waals surface area (Å²) in [4.78, 5) is 9.72. The molecule has 0 fully saturated rings. The van der Waals surface area contributed by atoms with Crippen LogP contribution in [-0.2, 0) is 0 Å². The van der Waals surface area contributed by atoms with Crippen LogP contribution in [0.3, 0.4) is 0 Å². The minimum Gasteiger partial charge on any atom is -0.481 e. The predicted molar refractivity (Wildman–Crippen MR) is 43.6 cm³/mol. The van der Waals surface area contributed by atoms with E-state index < -0.39 is 4.92 Å². The van der Waals surface area contributed by atoms with Crippen molar-refractivity contribution in [2.24, 2.45) is 0 Å². The normalized spacial score (nSPS) is 9.75. The number of aliphatic hydroxyl groups is 1. The largest absolute Gasteiger partial charge is 0.481 e. The van der Waals surface area contributed by atoms with Gasteiger partial charge in [-0.3, -0.25) is 10.1 Å². The summed E-state index contributed by atoms with van der Waals surface area (Å²) in [5, 5.41) is 19.1. The second-order valence-corrected chi connectivity index (χ2v) is 2.95. The van der Waals surface area contributed by atoms with Crippen LogP contribution < -0.4 is 4.74 Å². The minimum absolute atomic E-state index is 0.0444. The third-order valence-electron chi connectivity index (χ3n) is 1.08. The highest BCUT2D eigenvalue weighted by molar-refractivity contribution is 7.17. The van der Waals surface area contributed by atoms with Crippen molar-refractivity contribution in [3.05, 3.63) is 22.2 Å². The third-order valence-corrected chi connectivity index (χ3v) is 2.03. The molecule has 0 amide bonds. The van der Waals surface area contributed by atoms with Crippen molar-refractivity contribution in [3.8, 4) is 5.06 Å². The van der Waals surface area contributed by atoms with E-state index in [0.29, 0.717) is 5.06 Å². The zero-order valence-corrected chi connectivity index (χ0v) is 6.91. The monoisotopic (exact) mass is 189 g/mol. The average molecular weight is 189 g/mol. The molecule has 0 aliphatic heterocycles. The smallest absolute Gasteiger partial charge is 0.327 e. The van der Waals surface area contributed by atoms with E-state index in [1.54, 1.807) is 0 Å². The molecule has 0 saturated carbocycles. The highest BCUT2D eigenvalue weighted by atomic mass is 32.1. The molecule has 0 aromatic carbocycles. The Bertz CT molecular complexity index is 272. The first kappa shape index (κ1) is 8.95. The van der Waals surface area contributed by atoms with Crippen molar-refractivity contribution in [2.75, 3.05) is 13.2 Å². The molecule has 0 unspecified atom stereocenters. The van der Waals surface area contributed by atoms with Crippen LogP contribution in [-0.4, -0.2) is 23.2 Å². The van der Waals surface area contributed by atoms with Gasteiger partial charge in [0.25, 0.3) is 0 Å². The number of thiophene rings is 1. The molecule has 66 valence electrons. The molecule has 0 saturated heterocycles. The van der Waals surface area contributed by atoms with Crippen molar-refractivity contribution >= 4 is 16.3 Å². The van der Waals surface area contributed by atoms with Crippen molar-refractivity contribution in [1.82, 2.24) is 0 Å². The van der Waals surface area contributed by atoms with Gasteiger partial charge in [-0.05, 0) is 17.4 Å². The van der Waals surface area contributed by atoms with E-state index >= 15 is 0 Å². The fraction of sp³-hybridized carbons (Fsp3) is 0.333. The molecule has 0 aliphatic rings. The van der Waals surface area contributed by atoms with Crippen LogP contribution >= 0.6 is 11.3 Å². The van der Waals surface area contributed by atoms with Gasteiger partial charge in [0.05, 0.1) is 11.5 Å². The number of rotatable bonds is 4. The second kappa shape index (κ2) is 4.03. The molecule has 1 N–H and O–H groups in total. The van der Waals surface area contributed by atoms with E-state index in [4.69, 9.17) is 9.84 Å². The number of nitrogens with zero attached hydrogens (tertiary/aromatic N) is 1.